The maximum Gasteiger partial charge on any atom is 0.397 e. The summed E-state index contributed by atoms with van der Waals surface area (Å²) in [5.74, 6) is 0. The Morgan fingerprint density at radius 3 is 2.05 bits per heavy atom. The Bertz CT molecular complexity index is 878. The number of hydrogen-bond donors (Lipinski definition) is 1. The molecule has 0 saturated carbocycles. The lowest BCUT2D eigenvalue weighted by molar-refractivity contribution is 0.324. The van der Waals surface area contributed by atoms with Crippen LogP contribution < -0.4 is 0 Å². The van der Waals surface area contributed by atoms with Crippen LogP contribution in [0.25, 0.3) is 22.1 Å². The van der Waals surface area contributed by atoms with Crippen molar-refractivity contribution in [1.82, 2.24) is 9.97 Å². The van der Waals surface area contributed by atoms with Crippen molar-refractivity contribution in [3.05, 3.63) is 48.0 Å². The molecule has 2 aromatic carbocycles. The molecular formula is C14H14N2O4S. The van der Waals surface area contributed by atoms with Gasteiger partial charge >= 0.3 is 10.4 Å². The summed E-state index contributed by atoms with van der Waals surface area (Å²) in [6, 6.07) is 14.0. The smallest absolute Gasteiger partial charge is 0.264 e. The summed E-state index contributed by atoms with van der Waals surface area (Å²) in [4.78, 5) is 9.19. The average molecular weight is 306 g/mol. The van der Waals surface area contributed by atoms with E-state index in [9.17, 15) is 8.42 Å². The Labute approximate surface area is 122 Å². The van der Waals surface area contributed by atoms with Gasteiger partial charge in [0.25, 0.3) is 0 Å². The molecule has 0 aliphatic heterocycles. The van der Waals surface area contributed by atoms with Crippen LogP contribution in [-0.4, -0.2) is 30.0 Å². The lowest BCUT2D eigenvalue weighted by Crippen LogP contribution is -1.96. The van der Waals surface area contributed by atoms with Crippen molar-refractivity contribution in [1.29, 1.82) is 0 Å². The zero-order valence-corrected chi connectivity index (χ0v) is 12.3. The van der Waals surface area contributed by atoms with E-state index in [-0.39, 0.29) is 0 Å². The van der Waals surface area contributed by atoms with Crippen LogP contribution in [0.5, 0.6) is 0 Å². The molecule has 0 bridgehead atoms. The molecule has 1 N–H and O–H groups in total. The van der Waals surface area contributed by atoms with Crippen molar-refractivity contribution in [2.45, 2.75) is 6.92 Å². The number of nitrogens with zero attached hydrogens (tertiary/aromatic N) is 2. The molecule has 0 amide bonds. The van der Waals surface area contributed by atoms with Crippen molar-refractivity contribution < 1.29 is 17.2 Å². The Balaban J connectivity index is 0.000000232. The van der Waals surface area contributed by atoms with E-state index in [0.717, 1.165) is 29.2 Å². The van der Waals surface area contributed by atoms with Gasteiger partial charge in [-0.2, -0.15) is 8.42 Å². The molecule has 1 heterocycles. The van der Waals surface area contributed by atoms with Crippen LogP contribution in [0.15, 0.2) is 42.5 Å². The molecule has 0 unspecified atom stereocenters. The Hall–Kier alpha value is -2.09. The molecule has 3 rings (SSSR count). The highest BCUT2D eigenvalue weighted by molar-refractivity contribution is 7.80. The predicted octanol–water partition coefficient (Wildman–Crippen LogP) is 2.53. The van der Waals surface area contributed by atoms with Gasteiger partial charge in [-0.25, -0.2) is 9.97 Å². The van der Waals surface area contributed by atoms with Gasteiger partial charge in [-0.3, -0.25) is 8.74 Å². The van der Waals surface area contributed by atoms with Crippen molar-refractivity contribution in [2.24, 2.45) is 0 Å². The quantitative estimate of drug-likeness (QED) is 0.549. The molecule has 0 saturated heterocycles. The SMILES string of the molecule is COS(=O)(=O)O.Cc1cccc2nc3ccccc3nc12. The highest BCUT2D eigenvalue weighted by Crippen LogP contribution is 2.18. The Morgan fingerprint density at radius 1 is 0.952 bits per heavy atom. The summed E-state index contributed by atoms with van der Waals surface area (Å²) in [7, 11) is -3.29. The topological polar surface area (TPSA) is 89.4 Å². The molecular weight excluding hydrogens is 292 g/mol. The lowest BCUT2D eigenvalue weighted by Gasteiger charge is -2.02. The third kappa shape index (κ3) is 3.94. The van der Waals surface area contributed by atoms with Crippen LogP contribution >= 0.6 is 0 Å². The minimum atomic E-state index is -4.16. The van der Waals surface area contributed by atoms with Gasteiger partial charge in [0, 0.05) is 0 Å². The van der Waals surface area contributed by atoms with Crippen molar-refractivity contribution >= 4 is 32.5 Å². The first-order valence-corrected chi connectivity index (χ1v) is 7.42. The van der Waals surface area contributed by atoms with Gasteiger partial charge in [-0.15, -0.1) is 0 Å². The normalized spacial score (nSPS) is 11.2. The largest absolute Gasteiger partial charge is 0.397 e. The number of fused-ring (bicyclic) bond motifs is 2. The molecule has 7 heteroatoms. The molecule has 0 spiro atoms. The highest BCUT2D eigenvalue weighted by Gasteiger charge is 2.01. The number of benzene rings is 2. The summed E-state index contributed by atoms with van der Waals surface area (Å²) < 4.78 is 29.7. The van der Waals surface area contributed by atoms with Gasteiger partial charge in [-0.1, -0.05) is 24.3 Å². The van der Waals surface area contributed by atoms with Crippen molar-refractivity contribution in [3.63, 3.8) is 0 Å². The molecule has 0 aliphatic carbocycles. The first-order valence-electron chi connectivity index (χ1n) is 6.06. The van der Waals surface area contributed by atoms with E-state index in [2.05, 4.69) is 27.1 Å². The molecule has 110 valence electrons. The van der Waals surface area contributed by atoms with Crippen LogP contribution in [0.3, 0.4) is 0 Å². The van der Waals surface area contributed by atoms with Gasteiger partial charge in [-0.05, 0) is 30.7 Å². The van der Waals surface area contributed by atoms with Gasteiger partial charge in [0.1, 0.15) is 0 Å². The first kappa shape index (κ1) is 15.3. The second-order valence-electron chi connectivity index (χ2n) is 4.25. The number of para-hydroxylation sites is 3. The van der Waals surface area contributed by atoms with Crippen LogP contribution in [0.2, 0.25) is 0 Å². The van der Waals surface area contributed by atoms with Crippen LogP contribution in [0.4, 0.5) is 0 Å². The first-order chi connectivity index (χ1) is 9.90. The van der Waals surface area contributed by atoms with E-state index >= 15 is 0 Å². The second kappa shape index (κ2) is 6.13. The lowest BCUT2D eigenvalue weighted by atomic mass is 10.2. The fourth-order valence-electron chi connectivity index (χ4n) is 1.78. The predicted molar refractivity (Wildman–Crippen MR) is 80.3 cm³/mol. The minimum absolute atomic E-state index is 0.870. The summed E-state index contributed by atoms with van der Waals surface area (Å²) in [5.41, 5.74) is 5.05. The third-order valence-electron chi connectivity index (χ3n) is 2.78. The van der Waals surface area contributed by atoms with E-state index in [1.54, 1.807) is 0 Å². The maximum atomic E-state index is 9.33. The fraction of sp³-hybridized carbons (Fsp3) is 0.143. The van der Waals surface area contributed by atoms with Crippen LogP contribution in [0.1, 0.15) is 5.56 Å². The van der Waals surface area contributed by atoms with E-state index in [1.165, 1.54) is 5.56 Å². The average Bonchev–Trinajstić information content (AvgIpc) is 2.46. The van der Waals surface area contributed by atoms with E-state index in [0.29, 0.717) is 0 Å². The molecule has 0 aliphatic rings. The second-order valence-corrected chi connectivity index (χ2v) is 5.44. The fourth-order valence-corrected chi connectivity index (χ4v) is 1.78. The molecule has 0 fully saturated rings. The van der Waals surface area contributed by atoms with Gasteiger partial charge in [0.15, 0.2) is 0 Å². The molecule has 3 aromatic rings. The van der Waals surface area contributed by atoms with Crippen molar-refractivity contribution in [2.75, 3.05) is 7.11 Å². The molecule has 1 aromatic heterocycles. The van der Waals surface area contributed by atoms with E-state index in [1.807, 2.05) is 36.4 Å². The molecule has 0 radical (unpaired) electrons. The molecule has 0 atom stereocenters. The standard InChI is InChI=1S/C13H10N2.CH4O4S/c1-9-5-4-8-12-13(9)15-11-7-3-2-6-10(11)14-12;1-5-6(2,3)4/h2-8H,1H3;1H3,(H,2,3,4). The summed E-state index contributed by atoms with van der Waals surface area (Å²) in [6.07, 6.45) is 0. The van der Waals surface area contributed by atoms with E-state index < -0.39 is 10.4 Å². The highest BCUT2D eigenvalue weighted by atomic mass is 32.3. The Kier molecular flexibility index (Phi) is 4.46. The molecule has 21 heavy (non-hydrogen) atoms. The maximum absolute atomic E-state index is 9.33. The molecule has 6 nitrogen and oxygen atoms in total. The summed E-state index contributed by atoms with van der Waals surface area (Å²) >= 11 is 0. The number of hydrogen-bond acceptors (Lipinski definition) is 5. The van der Waals surface area contributed by atoms with E-state index in [4.69, 9.17) is 4.55 Å². The van der Waals surface area contributed by atoms with Gasteiger partial charge in [0.05, 0.1) is 29.2 Å². The number of aryl methyl sites for hydroxylation is 1. The zero-order valence-electron chi connectivity index (χ0n) is 11.5. The van der Waals surface area contributed by atoms with Gasteiger partial charge < -0.3 is 0 Å². The summed E-state index contributed by atoms with van der Waals surface area (Å²) in [5, 5.41) is 0. The van der Waals surface area contributed by atoms with Crippen LogP contribution in [-0.2, 0) is 14.6 Å². The third-order valence-corrected chi connectivity index (χ3v) is 3.20. The zero-order chi connectivity index (χ0) is 15.5. The van der Waals surface area contributed by atoms with Crippen molar-refractivity contribution in [3.8, 4) is 0 Å². The monoisotopic (exact) mass is 306 g/mol. The number of rotatable bonds is 1. The minimum Gasteiger partial charge on any atom is -0.264 e. The summed E-state index contributed by atoms with van der Waals surface area (Å²) in [6.45, 7) is 2.06. The van der Waals surface area contributed by atoms with Gasteiger partial charge in [0.2, 0.25) is 0 Å². The van der Waals surface area contributed by atoms with Crippen LogP contribution in [0, 0.1) is 6.92 Å². The number of aromatic nitrogens is 2. The Morgan fingerprint density at radius 2 is 1.48 bits per heavy atom.